The smallest absolute Gasteiger partial charge is 0.243 e. The fourth-order valence-electron chi connectivity index (χ4n) is 2.94. The molecule has 0 saturated heterocycles. The van der Waals surface area contributed by atoms with Crippen LogP contribution in [0, 0.1) is 0 Å². The molecular formula is C15H24N6O. The first-order valence-electron chi connectivity index (χ1n) is 8.19. The zero-order valence-corrected chi connectivity index (χ0v) is 13.5. The van der Waals surface area contributed by atoms with Crippen molar-refractivity contribution in [3.63, 3.8) is 0 Å². The van der Waals surface area contributed by atoms with Gasteiger partial charge in [-0.1, -0.05) is 12.1 Å². The Kier molecular flexibility index (Phi) is 4.52. The van der Waals surface area contributed by atoms with Gasteiger partial charge in [-0.25, -0.2) is 0 Å². The van der Waals surface area contributed by atoms with Crippen LogP contribution in [0.2, 0.25) is 0 Å². The van der Waals surface area contributed by atoms with Crippen LogP contribution in [0.1, 0.15) is 75.5 Å². The maximum Gasteiger partial charge on any atom is 0.243 e. The van der Waals surface area contributed by atoms with Crippen molar-refractivity contribution in [1.82, 2.24) is 30.2 Å². The summed E-state index contributed by atoms with van der Waals surface area (Å²) in [5.74, 6) is 3.51. The van der Waals surface area contributed by atoms with Gasteiger partial charge in [-0.15, -0.1) is 10.2 Å². The van der Waals surface area contributed by atoms with Gasteiger partial charge >= 0.3 is 0 Å². The molecule has 0 amide bonds. The minimum Gasteiger partial charge on any atom is -0.338 e. The second kappa shape index (κ2) is 6.56. The molecule has 0 radical (unpaired) electrons. The quantitative estimate of drug-likeness (QED) is 0.882. The van der Waals surface area contributed by atoms with Gasteiger partial charge in [0, 0.05) is 19.4 Å². The van der Waals surface area contributed by atoms with Crippen molar-refractivity contribution in [1.29, 1.82) is 0 Å². The Balaban J connectivity index is 1.67. The van der Waals surface area contributed by atoms with Gasteiger partial charge in [0.1, 0.15) is 11.6 Å². The molecule has 22 heavy (non-hydrogen) atoms. The molecule has 0 spiro atoms. The number of fused-ring (bicyclic) bond motifs is 1. The average Bonchev–Trinajstić information content (AvgIpc) is 3.14. The highest BCUT2D eigenvalue weighted by atomic mass is 16.5. The van der Waals surface area contributed by atoms with E-state index in [1.165, 1.54) is 12.8 Å². The molecular weight excluding hydrogens is 280 g/mol. The SMILES string of the molecule is CCCc1noc(C(C)NC(C)c2nnc3n2CCCC3)n1. The van der Waals surface area contributed by atoms with Crippen molar-refractivity contribution < 1.29 is 4.52 Å². The van der Waals surface area contributed by atoms with Crippen LogP contribution >= 0.6 is 0 Å². The zero-order valence-electron chi connectivity index (χ0n) is 13.5. The van der Waals surface area contributed by atoms with Gasteiger partial charge in [0.2, 0.25) is 5.89 Å². The molecule has 0 fully saturated rings. The summed E-state index contributed by atoms with van der Waals surface area (Å²) in [6, 6.07) is 0.0838. The monoisotopic (exact) mass is 304 g/mol. The molecule has 0 aliphatic carbocycles. The van der Waals surface area contributed by atoms with E-state index in [0.29, 0.717) is 5.89 Å². The number of hydrogen-bond donors (Lipinski definition) is 1. The summed E-state index contributed by atoms with van der Waals surface area (Å²) in [6.45, 7) is 7.26. The molecule has 0 bridgehead atoms. The van der Waals surface area contributed by atoms with Crippen molar-refractivity contribution in [3.8, 4) is 0 Å². The van der Waals surface area contributed by atoms with E-state index in [0.717, 1.165) is 43.3 Å². The van der Waals surface area contributed by atoms with Crippen molar-refractivity contribution in [3.05, 3.63) is 23.4 Å². The first-order valence-corrected chi connectivity index (χ1v) is 8.19. The molecule has 1 aliphatic rings. The van der Waals surface area contributed by atoms with Gasteiger partial charge in [-0.05, 0) is 33.1 Å². The predicted molar refractivity (Wildman–Crippen MR) is 81.2 cm³/mol. The number of aryl methyl sites for hydroxylation is 2. The summed E-state index contributed by atoms with van der Waals surface area (Å²) >= 11 is 0. The minimum atomic E-state index is -0.00959. The summed E-state index contributed by atoms with van der Waals surface area (Å²) in [5.41, 5.74) is 0. The van der Waals surface area contributed by atoms with Gasteiger partial charge in [0.05, 0.1) is 12.1 Å². The molecule has 0 saturated carbocycles. The maximum atomic E-state index is 5.34. The van der Waals surface area contributed by atoms with Crippen molar-refractivity contribution in [2.24, 2.45) is 0 Å². The van der Waals surface area contributed by atoms with E-state index < -0.39 is 0 Å². The van der Waals surface area contributed by atoms with E-state index in [-0.39, 0.29) is 12.1 Å². The lowest BCUT2D eigenvalue weighted by atomic mass is 10.1. The van der Waals surface area contributed by atoms with Gasteiger partial charge in [0.25, 0.3) is 0 Å². The molecule has 2 aromatic heterocycles. The maximum absolute atomic E-state index is 5.34. The largest absolute Gasteiger partial charge is 0.338 e. The fourth-order valence-corrected chi connectivity index (χ4v) is 2.94. The normalized spacial score (nSPS) is 17.2. The van der Waals surface area contributed by atoms with Crippen LogP contribution in [-0.4, -0.2) is 24.9 Å². The van der Waals surface area contributed by atoms with Crippen molar-refractivity contribution >= 4 is 0 Å². The van der Waals surface area contributed by atoms with Crippen LogP contribution in [0.3, 0.4) is 0 Å². The summed E-state index contributed by atoms with van der Waals surface area (Å²) in [5, 5.41) is 16.2. The predicted octanol–water partition coefficient (Wildman–Crippen LogP) is 2.36. The van der Waals surface area contributed by atoms with E-state index in [1.54, 1.807) is 0 Å². The highest BCUT2D eigenvalue weighted by Gasteiger charge is 2.23. The molecule has 1 N–H and O–H groups in total. The number of rotatable bonds is 6. The van der Waals surface area contributed by atoms with Crippen LogP contribution in [-0.2, 0) is 19.4 Å². The van der Waals surface area contributed by atoms with Crippen LogP contribution < -0.4 is 5.32 Å². The Morgan fingerprint density at radius 2 is 2.09 bits per heavy atom. The summed E-state index contributed by atoms with van der Waals surface area (Å²) in [7, 11) is 0. The van der Waals surface area contributed by atoms with Gasteiger partial charge in [-0.3, -0.25) is 5.32 Å². The third kappa shape index (κ3) is 3.04. The standard InChI is InChI=1S/C15H24N6O/c1-4-7-12-17-15(22-20-12)11(3)16-10(2)14-19-18-13-8-5-6-9-21(13)14/h10-11,16H,4-9H2,1-3H3. The van der Waals surface area contributed by atoms with Gasteiger partial charge in [-0.2, -0.15) is 4.98 Å². The van der Waals surface area contributed by atoms with Crippen LogP contribution in [0.25, 0.3) is 0 Å². The minimum absolute atomic E-state index is 0.00959. The molecule has 2 aromatic rings. The lowest BCUT2D eigenvalue weighted by Crippen LogP contribution is -2.26. The molecule has 1 aliphatic heterocycles. The second-order valence-electron chi connectivity index (χ2n) is 5.99. The van der Waals surface area contributed by atoms with Crippen molar-refractivity contribution in [2.75, 3.05) is 0 Å². The van der Waals surface area contributed by atoms with Gasteiger partial charge < -0.3 is 9.09 Å². The molecule has 7 heteroatoms. The number of nitrogens with one attached hydrogen (secondary N) is 1. The summed E-state index contributed by atoms with van der Waals surface area (Å²) < 4.78 is 7.58. The molecule has 3 heterocycles. The van der Waals surface area contributed by atoms with Crippen LogP contribution in [0.15, 0.2) is 4.52 Å². The van der Waals surface area contributed by atoms with E-state index in [9.17, 15) is 0 Å². The topological polar surface area (TPSA) is 81.7 Å². The lowest BCUT2D eigenvalue weighted by molar-refractivity contribution is 0.320. The third-order valence-electron chi connectivity index (χ3n) is 4.10. The highest BCUT2D eigenvalue weighted by molar-refractivity contribution is 5.04. The van der Waals surface area contributed by atoms with Crippen molar-refractivity contribution in [2.45, 2.75) is 71.5 Å². The summed E-state index contributed by atoms with van der Waals surface area (Å²) in [4.78, 5) is 4.44. The number of nitrogens with zero attached hydrogens (tertiary/aromatic N) is 5. The molecule has 7 nitrogen and oxygen atoms in total. The molecule has 2 unspecified atom stereocenters. The second-order valence-corrected chi connectivity index (χ2v) is 5.99. The zero-order chi connectivity index (χ0) is 15.5. The van der Waals surface area contributed by atoms with Gasteiger partial charge in [0.15, 0.2) is 5.82 Å². The Hall–Kier alpha value is -1.76. The molecule has 0 aromatic carbocycles. The Morgan fingerprint density at radius 3 is 2.91 bits per heavy atom. The summed E-state index contributed by atoms with van der Waals surface area (Å²) in [6.07, 6.45) is 5.30. The van der Waals surface area contributed by atoms with E-state index in [4.69, 9.17) is 4.52 Å². The number of hydrogen-bond acceptors (Lipinski definition) is 6. The molecule has 3 rings (SSSR count). The Labute approximate surface area is 130 Å². The van der Waals surface area contributed by atoms with E-state index >= 15 is 0 Å². The van der Waals surface area contributed by atoms with Crippen LogP contribution in [0.4, 0.5) is 0 Å². The van der Waals surface area contributed by atoms with E-state index in [1.807, 2.05) is 6.92 Å². The molecule has 120 valence electrons. The van der Waals surface area contributed by atoms with E-state index in [2.05, 4.69) is 44.1 Å². The first kappa shape index (κ1) is 15.1. The Bertz CT molecular complexity index is 619. The van der Waals surface area contributed by atoms with Crippen LogP contribution in [0.5, 0.6) is 0 Å². The fraction of sp³-hybridized carbons (Fsp3) is 0.733. The Morgan fingerprint density at radius 1 is 1.23 bits per heavy atom. The molecule has 2 atom stereocenters. The average molecular weight is 304 g/mol. The third-order valence-corrected chi connectivity index (χ3v) is 4.10. The lowest BCUT2D eigenvalue weighted by Gasteiger charge is -2.20. The number of aromatic nitrogens is 5. The highest BCUT2D eigenvalue weighted by Crippen LogP contribution is 2.21. The first-order chi connectivity index (χ1) is 10.7.